The number of pyridine rings is 1. The number of aromatic nitrogens is 5. The van der Waals surface area contributed by atoms with Crippen LogP contribution in [0.2, 0.25) is 0 Å². The van der Waals surface area contributed by atoms with Crippen molar-refractivity contribution in [3.8, 4) is 34.3 Å². The lowest BCUT2D eigenvalue weighted by Crippen LogP contribution is -2.20. The maximum atomic E-state index is 6.27. The van der Waals surface area contributed by atoms with Crippen molar-refractivity contribution in [2.45, 2.75) is 38.1 Å². The van der Waals surface area contributed by atoms with E-state index < -0.39 is 0 Å². The van der Waals surface area contributed by atoms with Gasteiger partial charge in [-0.1, -0.05) is 30.3 Å². The average Bonchev–Trinajstić information content (AvgIpc) is 3.95. The van der Waals surface area contributed by atoms with Crippen LogP contribution >= 0.6 is 0 Å². The van der Waals surface area contributed by atoms with Gasteiger partial charge in [-0.15, -0.1) is 0 Å². The number of benzene rings is 4. The van der Waals surface area contributed by atoms with Crippen LogP contribution < -0.4 is 5.73 Å². The molecule has 2 N–H and O–H groups in total. The molecular formula is C43H40N6O4. The monoisotopic (exact) mass is 704 g/mol. The van der Waals surface area contributed by atoms with Gasteiger partial charge in [-0.05, 0) is 110 Å². The first-order chi connectivity index (χ1) is 26.2. The van der Waals surface area contributed by atoms with Crippen molar-refractivity contribution >= 4 is 38.9 Å². The van der Waals surface area contributed by atoms with Crippen LogP contribution in [-0.2, 0) is 15.9 Å². The van der Waals surface area contributed by atoms with Gasteiger partial charge < -0.3 is 28.6 Å². The Bertz CT molecular complexity index is 2430. The molecule has 0 saturated carbocycles. The highest BCUT2D eigenvalue weighted by Crippen LogP contribution is 2.35. The molecule has 0 aliphatic carbocycles. The Morgan fingerprint density at radius 2 is 1.21 bits per heavy atom. The summed E-state index contributed by atoms with van der Waals surface area (Å²) >= 11 is 0. The van der Waals surface area contributed by atoms with Crippen molar-refractivity contribution in [1.29, 1.82) is 0 Å². The average molecular weight is 705 g/mol. The second kappa shape index (κ2) is 14.7. The molecular weight excluding hydrogens is 665 g/mol. The first-order valence-electron chi connectivity index (χ1n) is 18.3. The third-order valence-electron chi connectivity index (χ3n) is 10.3. The summed E-state index contributed by atoms with van der Waals surface area (Å²) < 4.78 is 25.2. The number of hydrogen-bond acceptors (Lipinski definition) is 9. The van der Waals surface area contributed by atoms with E-state index in [0.717, 1.165) is 120 Å². The van der Waals surface area contributed by atoms with Crippen LogP contribution in [0.5, 0.6) is 0 Å². The number of ether oxygens (including phenoxy) is 2. The third kappa shape index (κ3) is 6.91. The molecule has 0 unspecified atom stereocenters. The number of rotatable bonds is 6. The van der Waals surface area contributed by atoms with Gasteiger partial charge in [-0.3, -0.25) is 4.98 Å². The van der Waals surface area contributed by atoms with Gasteiger partial charge in [-0.25, -0.2) is 15.0 Å². The fourth-order valence-electron chi connectivity index (χ4n) is 7.42. The highest BCUT2D eigenvalue weighted by Gasteiger charge is 2.23. The Labute approximate surface area is 306 Å². The van der Waals surface area contributed by atoms with Crippen LogP contribution in [-0.4, -0.2) is 50.9 Å². The summed E-state index contributed by atoms with van der Waals surface area (Å²) in [5.41, 5.74) is 16.6. The molecule has 0 radical (unpaired) electrons. The minimum atomic E-state index is 0.363. The lowest BCUT2D eigenvalue weighted by molar-refractivity contribution is 0.0666. The number of hydrogen-bond donors (Lipinski definition) is 1. The van der Waals surface area contributed by atoms with Crippen LogP contribution in [0.15, 0.2) is 118 Å². The highest BCUT2D eigenvalue weighted by atomic mass is 16.5. The maximum Gasteiger partial charge on any atom is 0.227 e. The van der Waals surface area contributed by atoms with Crippen molar-refractivity contribution in [2.75, 3.05) is 32.2 Å². The van der Waals surface area contributed by atoms with Crippen molar-refractivity contribution in [1.82, 2.24) is 24.5 Å². The molecule has 4 aromatic carbocycles. The lowest BCUT2D eigenvalue weighted by Gasteiger charge is -2.25. The second-order valence-corrected chi connectivity index (χ2v) is 13.7. The molecule has 53 heavy (non-hydrogen) atoms. The fourth-order valence-corrected chi connectivity index (χ4v) is 7.42. The second-order valence-electron chi connectivity index (χ2n) is 13.7. The van der Waals surface area contributed by atoms with E-state index in [1.54, 1.807) is 0 Å². The molecule has 8 aromatic rings. The molecule has 0 spiro atoms. The zero-order valence-electron chi connectivity index (χ0n) is 29.4. The normalized spacial score (nSPS) is 15.5. The largest absolute Gasteiger partial charge is 0.436 e. The van der Waals surface area contributed by atoms with Crippen molar-refractivity contribution in [3.05, 3.63) is 115 Å². The van der Waals surface area contributed by atoms with E-state index in [4.69, 9.17) is 29.0 Å². The number of para-hydroxylation sites is 4. The van der Waals surface area contributed by atoms with Crippen LogP contribution in [0.4, 0.5) is 5.69 Å². The Morgan fingerprint density at radius 3 is 1.85 bits per heavy atom. The minimum absolute atomic E-state index is 0.363. The van der Waals surface area contributed by atoms with Crippen molar-refractivity contribution in [3.63, 3.8) is 0 Å². The van der Waals surface area contributed by atoms with E-state index in [0.29, 0.717) is 23.7 Å². The molecule has 10 rings (SSSR count). The SMILES string of the molecule is Nc1cc(-c2nc3ccccc3o2)ccc1CC1CCOCC1.c1ccc2oc(-c3ccc4c(c3)nc(-c3ccncc3)n4C3CCOCC3)nc2c1. The quantitative estimate of drug-likeness (QED) is 0.169. The van der Waals surface area contributed by atoms with E-state index in [2.05, 4.69) is 49.9 Å². The maximum absolute atomic E-state index is 6.27. The van der Waals surface area contributed by atoms with Gasteiger partial charge in [0, 0.05) is 67.2 Å². The standard InChI is InChI=1S/C24H20N4O2.C19H20N2O2/c1-2-4-22-19(3-1)27-24(30-22)17-5-6-21-20(15-17)26-23(16-7-11-25-12-8-16)28(21)18-9-13-29-14-10-18;20-16-12-15(19-21-17-3-1-2-4-18(17)23-19)6-5-14(16)11-13-7-9-22-10-8-13/h1-8,11-12,15,18H,9-10,13-14H2;1-6,12-13H,7-11,20H2. The summed E-state index contributed by atoms with van der Waals surface area (Å²) in [4.78, 5) is 18.4. The molecule has 266 valence electrons. The zero-order chi connectivity index (χ0) is 35.6. The predicted molar refractivity (Wildman–Crippen MR) is 206 cm³/mol. The molecule has 2 fully saturated rings. The number of oxazole rings is 2. The summed E-state index contributed by atoms with van der Waals surface area (Å²) in [7, 11) is 0. The number of anilines is 1. The molecule has 10 nitrogen and oxygen atoms in total. The van der Waals surface area contributed by atoms with Crippen LogP contribution in [0.1, 0.15) is 37.3 Å². The van der Waals surface area contributed by atoms with Gasteiger partial charge in [0.25, 0.3) is 0 Å². The van der Waals surface area contributed by atoms with Crippen molar-refractivity contribution in [2.24, 2.45) is 5.92 Å². The van der Waals surface area contributed by atoms with Crippen LogP contribution in [0.3, 0.4) is 0 Å². The minimum Gasteiger partial charge on any atom is -0.436 e. The van der Waals surface area contributed by atoms with E-state index in [9.17, 15) is 0 Å². The van der Waals surface area contributed by atoms with E-state index in [-0.39, 0.29) is 0 Å². The summed E-state index contributed by atoms with van der Waals surface area (Å²) in [6.45, 7) is 3.29. The fraction of sp³-hybridized carbons (Fsp3) is 0.256. The van der Waals surface area contributed by atoms with Gasteiger partial charge in [0.2, 0.25) is 11.8 Å². The number of nitrogens with zero attached hydrogens (tertiary/aromatic N) is 5. The Hall–Kier alpha value is -5.84. The number of imidazole rings is 1. The molecule has 4 aromatic heterocycles. The first kappa shape index (κ1) is 33.0. The molecule has 2 aliphatic heterocycles. The summed E-state index contributed by atoms with van der Waals surface area (Å²) in [5, 5.41) is 0. The Kier molecular flexibility index (Phi) is 9.13. The van der Waals surface area contributed by atoms with Gasteiger partial charge in [0.05, 0.1) is 11.0 Å². The van der Waals surface area contributed by atoms with Crippen LogP contribution in [0.25, 0.3) is 67.5 Å². The van der Waals surface area contributed by atoms with Gasteiger partial charge >= 0.3 is 0 Å². The molecule has 10 heteroatoms. The molecule has 2 saturated heterocycles. The number of fused-ring (bicyclic) bond motifs is 3. The molecule has 6 heterocycles. The molecule has 0 amide bonds. The third-order valence-corrected chi connectivity index (χ3v) is 10.3. The summed E-state index contributed by atoms with van der Waals surface area (Å²) in [6.07, 6.45) is 8.84. The van der Waals surface area contributed by atoms with Crippen molar-refractivity contribution < 1.29 is 18.3 Å². The predicted octanol–water partition coefficient (Wildman–Crippen LogP) is 9.30. The van der Waals surface area contributed by atoms with Crippen LogP contribution in [0, 0.1) is 5.92 Å². The summed E-state index contributed by atoms with van der Waals surface area (Å²) in [5.74, 6) is 2.87. The molecule has 2 aliphatic rings. The summed E-state index contributed by atoms with van der Waals surface area (Å²) in [6, 6.07) is 32.4. The van der Waals surface area contributed by atoms with E-state index >= 15 is 0 Å². The molecule has 0 atom stereocenters. The van der Waals surface area contributed by atoms with Gasteiger partial charge in [-0.2, -0.15) is 0 Å². The molecule has 0 bridgehead atoms. The van der Waals surface area contributed by atoms with E-state index in [1.165, 1.54) is 5.56 Å². The number of nitrogens with two attached hydrogens (primary N) is 1. The first-order valence-corrected chi connectivity index (χ1v) is 18.3. The smallest absolute Gasteiger partial charge is 0.227 e. The topological polar surface area (TPSA) is 127 Å². The lowest BCUT2D eigenvalue weighted by atomic mass is 9.91. The highest BCUT2D eigenvalue weighted by molar-refractivity contribution is 5.86. The van der Waals surface area contributed by atoms with Gasteiger partial charge in [0.15, 0.2) is 11.2 Å². The zero-order valence-corrected chi connectivity index (χ0v) is 29.4. The van der Waals surface area contributed by atoms with E-state index in [1.807, 2.05) is 79.1 Å². The number of nitrogen functional groups attached to an aromatic ring is 1. The Balaban J connectivity index is 0.000000146. The van der Waals surface area contributed by atoms with Gasteiger partial charge in [0.1, 0.15) is 16.9 Å². The Morgan fingerprint density at radius 1 is 0.604 bits per heavy atom.